The van der Waals surface area contributed by atoms with Gasteiger partial charge in [0, 0.05) is 0 Å². The summed E-state index contributed by atoms with van der Waals surface area (Å²) in [6, 6.07) is 5.42. The number of fused-ring (bicyclic) bond motifs is 2. The number of thiophene rings is 1. The van der Waals surface area contributed by atoms with E-state index in [4.69, 9.17) is 14.2 Å². The van der Waals surface area contributed by atoms with Crippen LogP contribution in [0.15, 0.2) is 34.4 Å². The zero-order chi connectivity index (χ0) is 19.7. The second kappa shape index (κ2) is 7.43. The molecule has 0 saturated heterocycles. The molecule has 0 fully saturated rings. The van der Waals surface area contributed by atoms with Crippen molar-refractivity contribution in [1.82, 2.24) is 9.66 Å². The number of benzene rings is 1. The molecule has 0 amide bonds. The highest BCUT2D eigenvalue weighted by atomic mass is 32.1. The standard InChI is InChI=1S/C19H17N3O5S/c1-3-25-19(24)16-11(2)15-17(28-16)20-10-22(18(15)23)21-9-12-4-5-13-14(8-12)27-7-6-26-13/h4-5,8-10H,3,6-7H2,1-2H3. The topological polar surface area (TPSA) is 92.0 Å². The molecular weight excluding hydrogens is 382 g/mol. The first-order valence-electron chi connectivity index (χ1n) is 8.70. The van der Waals surface area contributed by atoms with Crippen LogP contribution in [0.3, 0.4) is 0 Å². The molecule has 0 spiro atoms. The largest absolute Gasteiger partial charge is 0.486 e. The molecule has 0 unspecified atom stereocenters. The maximum atomic E-state index is 12.8. The SMILES string of the molecule is CCOC(=O)c1sc2ncn(N=Cc3ccc4c(c3)OCCO4)c(=O)c2c1C. The number of rotatable bonds is 4. The average molecular weight is 399 g/mol. The number of esters is 1. The maximum absolute atomic E-state index is 12.8. The van der Waals surface area contributed by atoms with Crippen LogP contribution in [0, 0.1) is 6.92 Å². The lowest BCUT2D eigenvalue weighted by molar-refractivity contribution is 0.0531. The van der Waals surface area contributed by atoms with E-state index in [0.29, 0.717) is 45.4 Å². The Kier molecular flexibility index (Phi) is 4.82. The molecular formula is C19H17N3O5S. The molecule has 0 N–H and O–H groups in total. The zero-order valence-electron chi connectivity index (χ0n) is 15.3. The third-order valence-electron chi connectivity index (χ3n) is 4.19. The molecule has 28 heavy (non-hydrogen) atoms. The Labute approximate surface area is 164 Å². The van der Waals surface area contributed by atoms with Crippen LogP contribution in [-0.4, -0.2) is 41.7 Å². The Balaban J connectivity index is 1.69. The quantitative estimate of drug-likeness (QED) is 0.495. The third kappa shape index (κ3) is 3.24. The van der Waals surface area contributed by atoms with E-state index >= 15 is 0 Å². The highest BCUT2D eigenvalue weighted by Gasteiger charge is 2.20. The van der Waals surface area contributed by atoms with Gasteiger partial charge in [0.15, 0.2) is 11.5 Å². The van der Waals surface area contributed by atoms with Gasteiger partial charge in [0.1, 0.15) is 29.2 Å². The van der Waals surface area contributed by atoms with E-state index in [0.717, 1.165) is 21.6 Å². The van der Waals surface area contributed by atoms with Crippen LogP contribution in [0.2, 0.25) is 0 Å². The normalized spacial score (nSPS) is 13.2. The van der Waals surface area contributed by atoms with Crippen molar-refractivity contribution in [3.63, 3.8) is 0 Å². The van der Waals surface area contributed by atoms with Crippen molar-refractivity contribution in [3.05, 3.63) is 50.9 Å². The lowest BCUT2D eigenvalue weighted by Gasteiger charge is -2.18. The summed E-state index contributed by atoms with van der Waals surface area (Å²) in [5.41, 5.74) is 0.966. The van der Waals surface area contributed by atoms with Gasteiger partial charge in [0.2, 0.25) is 0 Å². The molecule has 1 aliphatic rings. The lowest BCUT2D eigenvalue weighted by Crippen LogP contribution is -2.17. The molecule has 2 aromatic heterocycles. The van der Waals surface area contributed by atoms with Crippen molar-refractivity contribution in [2.45, 2.75) is 13.8 Å². The number of ether oxygens (including phenoxy) is 3. The number of carbonyl (C=O) groups excluding carboxylic acids is 1. The fourth-order valence-corrected chi connectivity index (χ4v) is 3.89. The van der Waals surface area contributed by atoms with Crippen molar-refractivity contribution >= 4 is 33.7 Å². The van der Waals surface area contributed by atoms with Crippen LogP contribution in [0.4, 0.5) is 0 Å². The first-order valence-corrected chi connectivity index (χ1v) is 9.52. The van der Waals surface area contributed by atoms with Gasteiger partial charge in [-0.3, -0.25) is 4.79 Å². The van der Waals surface area contributed by atoms with Gasteiger partial charge in [-0.2, -0.15) is 9.78 Å². The van der Waals surface area contributed by atoms with E-state index in [1.807, 2.05) is 6.07 Å². The van der Waals surface area contributed by atoms with E-state index in [2.05, 4.69) is 10.1 Å². The Bertz CT molecular complexity index is 1150. The molecule has 4 rings (SSSR count). The number of carbonyl (C=O) groups is 1. The van der Waals surface area contributed by atoms with Crippen molar-refractivity contribution in [2.24, 2.45) is 5.10 Å². The second-order valence-corrected chi connectivity index (χ2v) is 7.00. The first kappa shape index (κ1) is 18.2. The summed E-state index contributed by atoms with van der Waals surface area (Å²) in [5.74, 6) is 0.877. The van der Waals surface area contributed by atoms with E-state index < -0.39 is 5.97 Å². The van der Waals surface area contributed by atoms with Gasteiger partial charge >= 0.3 is 5.97 Å². The number of hydrogen-bond acceptors (Lipinski definition) is 8. The minimum absolute atomic E-state index is 0.268. The van der Waals surface area contributed by atoms with Gasteiger partial charge in [0.05, 0.1) is 18.2 Å². The molecule has 0 radical (unpaired) electrons. The summed E-state index contributed by atoms with van der Waals surface area (Å²) in [6.45, 7) is 4.73. The fourth-order valence-electron chi connectivity index (χ4n) is 2.86. The van der Waals surface area contributed by atoms with E-state index in [1.54, 1.807) is 32.2 Å². The molecule has 144 valence electrons. The summed E-state index contributed by atoms with van der Waals surface area (Å²) in [5, 5.41) is 4.59. The molecule has 0 saturated carbocycles. The molecule has 8 nitrogen and oxygen atoms in total. The maximum Gasteiger partial charge on any atom is 0.348 e. The summed E-state index contributed by atoms with van der Waals surface area (Å²) >= 11 is 1.14. The van der Waals surface area contributed by atoms with Crippen molar-refractivity contribution in [1.29, 1.82) is 0 Å². The summed E-state index contributed by atoms with van der Waals surface area (Å²) in [7, 11) is 0. The Morgan fingerprint density at radius 2 is 2.14 bits per heavy atom. The van der Waals surface area contributed by atoms with Gasteiger partial charge in [0.25, 0.3) is 5.56 Å². The van der Waals surface area contributed by atoms with E-state index in [1.165, 1.54) is 6.33 Å². The predicted molar refractivity (Wildman–Crippen MR) is 105 cm³/mol. The van der Waals surface area contributed by atoms with Crippen molar-refractivity contribution in [3.8, 4) is 11.5 Å². The molecule has 0 atom stereocenters. The molecule has 3 aromatic rings. The van der Waals surface area contributed by atoms with E-state index in [-0.39, 0.29) is 12.2 Å². The van der Waals surface area contributed by atoms with Crippen LogP contribution in [0.25, 0.3) is 10.2 Å². The first-order chi connectivity index (χ1) is 13.6. The fraction of sp³-hybridized carbons (Fsp3) is 0.263. The van der Waals surface area contributed by atoms with Crippen molar-refractivity contribution in [2.75, 3.05) is 19.8 Å². The smallest absolute Gasteiger partial charge is 0.348 e. The van der Waals surface area contributed by atoms with Crippen LogP contribution in [0.1, 0.15) is 27.7 Å². The number of aromatic nitrogens is 2. The molecule has 1 aliphatic heterocycles. The molecule has 9 heteroatoms. The number of nitrogens with zero attached hydrogens (tertiary/aromatic N) is 3. The Hall–Kier alpha value is -3.20. The summed E-state index contributed by atoms with van der Waals surface area (Å²) < 4.78 is 17.2. The molecule has 0 aliphatic carbocycles. The molecule has 1 aromatic carbocycles. The summed E-state index contributed by atoms with van der Waals surface area (Å²) in [6.07, 6.45) is 2.88. The van der Waals surface area contributed by atoms with E-state index in [9.17, 15) is 9.59 Å². The molecule has 0 bridgehead atoms. The van der Waals surface area contributed by atoms with Crippen LogP contribution >= 0.6 is 11.3 Å². The highest BCUT2D eigenvalue weighted by molar-refractivity contribution is 7.20. The highest BCUT2D eigenvalue weighted by Crippen LogP contribution is 2.30. The lowest BCUT2D eigenvalue weighted by atomic mass is 10.2. The van der Waals surface area contributed by atoms with Gasteiger partial charge < -0.3 is 14.2 Å². The minimum Gasteiger partial charge on any atom is -0.486 e. The van der Waals surface area contributed by atoms with Gasteiger partial charge in [-0.25, -0.2) is 9.78 Å². The number of hydrogen-bond donors (Lipinski definition) is 0. The van der Waals surface area contributed by atoms with Gasteiger partial charge in [-0.05, 0) is 43.2 Å². The number of aryl methyl sites for hydroxylation is 1. The predicted octanol–water partition coefficient (Wildman–Crippen LogP) is 2.60. The van der Waals surface area contributed by atoms with Crippen LogP contribution in [0.5, 0.6) is 11.5 Å². The van der Waals surface area contributed by atoms with Crippen LogP contribution in [-0.2, 0) is 4.74 Å². The molecule has 3 heterocycles. The Morgan fingerprint density at radius 3 is 2.93 bits per heavy atom. The van der Waals surface area contributed by atoms with Gasteiger partial charge in [-0.15, -0.1) is 11.3 Å². The van der Waals surface area contributed by atoms with Gasteiger partial charge in [-0.1, -0.05) is 0 Å². The minimum atomic E-state index is -0.450. The van der Waals surface area contributed by atoms with Crippen molar-refractivity contribution < 1.29 is 19.0 Å². The Morgan fingerprint density at radius 1 is 1.36 bits per heavy atom. The zero-order valence-corrected chi connectivity index (χ0v) is 16.1. The monoisotopic (exact) mass is 399 g/mol. The summed E-state index contributed by atoms with van der Waals surface area (Å²) in [4.78, 5) is 30.0. The third-order valence-corrected chi connectivity index (χ3v) is 5.37. The average Bonchev–Trinajstić information content (AvgIpc) is 3.05. The second-order valence-electron chi connectivity index (χ2n) is 6.00. The van der Waals surface area contributed by atoms with Crippen LogP contribution < -0.4 is 15.0 Å².